The highest BCUT2D eigenvalue weighted by molar-refractivity contribution is 7.99. The molecule has 2 nitrogen and oxygen atoms in total. The fourth-order valence-corrected chi connectivity index (χ4v) is 2.32. The minimum Gasteiger partial charge on any atom is -0.383 e. The van der Waals surface area contributed by atoms with E-state index < -0.39 is 0 Å². The van der Waals surface area contributed by atoms with Crippen LogP contribution in [0.15, 0.2) is 23.1 Å². The molecule has 1 N–H and O–H groups in total. The van der Waals surface area contributed by atoms with Gasteiger partial charge in [-0.05, 0) is 18.2 Å². The van der Waals surface area contributed by atoms with Crippen LogP contribution in [0.25, 0.3) is 0 Å². The van der Waals surface area contributed by atoms with Crippen LogP contribution in [0.3, 0.4) is 0 Å². The Morgan fingerprint density at radius 3 is 2.75 bits per heavy atom. The number of benzene rings is 1. The highest BCUT2D eigenvalue weighted by Gasteiger charge is 1.99. The Morgan fingerprint density at radius 1 is 1.25 bits per heavy atom. The molecule has 0 saturated heterocycles. The molecule has 0 bridgehead atoms. The van der Waals surface area contributed by atoms with Crippen LogP contribution < -0.4 is 5.32 Å². The molecular formula is C11H15Cl2NOS. The summed E-state index contributed by atoms with van der Waals surface area (Å²) in [7, 11) is 1.70. The van der Waals surface area contributed by atoms with E-state index >= 15 is 0 Å². The zero-order valence-electron chi connectivity index (χ0n) is 9.13. The monoisotopic (exact) mass is 279 g/mol. The van der Waals surface area contributed by atoms with Crippen molar-refractivity contribution in [3.8, 4) is 0 Å². The minimum atomic E-state index is 0.601. The molecule has 90 valence electrons. The van der Waals surface area contributed by atoms with Gasteiger partial charge < -0.3 is 10.1 Å². The van der Waals surface area contributed by atoms with E-state index in [4.69, 9.17) is 27.9 Å². The SMILES string of the molecule is COCCNCCSc1ccc(Cl)c(Cl)c1. The summed E-state index contributed by atoms with van der Waals surface area (Å²) in [4.78, 5) is 1.14. The fourth-order valence-electron chi connectivity index (χ4n) is 1.11. The highest BCUT2D eigenvalue weighted by atomic mass is 35.5. The Labute approximate surface area is 111 Å². The van der Waals surface area contributed by atoms with Crippen molar-refractivity contribution in [2.75, 3.05) is 32.6 Å². The van der Waals surface area contributed by atoms with Crippen molar-refractivity contribution in [1.29, 1.82) is 0 Å². The predicted octanol–water partition coefficient (Wildman–Crippen LogP) is 3.32. The number of hydrogen-bond donors (Lipinski definition) is 1. The quantitative estimate of drug-likeness (QED) is 0.611. The number of rotatable bonds is 7. The van der Waals surface area contributed by atoms with Gasteiger partial charge in [-0.15, -0.1) is 11.8 Å². The average Bonchev–Trinajstić information content (AvgIpc) is 2.28. The van der Waals surface area contributed by atoms with E-state index in [0.29, 0.717) is 10.0 Å². The molecule has 0 aromatic heterocycles. The smallest absolute Gasteiger partial charge is 0.0603 e. The Kier molecular flexibility index (Phi) is 7.25. The van der Waals surface area contributed by atoms with Gasteiger partial charge in [-0.2, -0.15) is 0 Å². The van der Waals surface area contributed by atoms with Crippen molar-refractivity contribution in [2.45, 2.75) is 4.90 Å². The van der Waals surface area contributed by atoms with Crippen molar-refractivity contribution >= 4 is 35.0 Å². The molecule has 0 radical (unpaired) electrons. The van der Waals surface area contributed by atoms with Crippen molar-refractivity contribution in [3.05, 3.63) is 28.2 Å². The molecule has 0 heterocycles. The molecule has 16 heavy (non-hydrogen) atoms. The summed E-state index contributed by atoms with van der Waals surface area (Å²) >= 11 is 13.5. The predicted molar refractivity (Wildman–Crippen MR) is 71.9 cm³/mol. The van der Waals surface area contributed by atoms with Gasteiger partial charge in [0.05, 0.1) is 16.7 Å². The van der Waals surface area contributed by atoms with Gasteiger partial charge in [-0.3, -0.25) is 0 Å². The largest absolute Gasteiger partial charge is 0.383 e. The summed E-state index contributed by atoms with van der Waals surface area (Å²) in [5, 5.41) is 4.49. The summed E-state index contributed by atoms with van der Waals surface area (Å²) in [5.74, 6) is 1.00. The molecular weight excluding hydrogens is 265 g/mol. The van der Waals surface area contributed by atoms with Gasteiger partial charge in [0.25, 0.3) is 0 Å². The lowest BCUT2D eigenvalue weighted by Crippen LogP contribution is -2.21. The second kappa shape index (κ2) is 8.20. The number of nitrogens with one attached hydrogen (secondary N) is 1. The molecule has 0 aliphatic carbocycles. The lowest BCUT2D eigenvalue weighted by Gasteiger charge is -2.05. The zero-order chi connectivity index (χ0) is 11.8. The zero-order valence-corrected chi connectivity index (χ0v) is 11.5. The molecule has 0 aliphatic heterocycles. The maximum atomic E-state index is 5.92. The molecule has 5 heteroatoms. The number of ether oxygens (including phenoxy) is 1. The Hall–Kier alpha value is 0.0700. The van der Waals surface area contributed by atoms with E-state index in [2.05, 4.69) is 5.32 Å². The third kappa shape index (κ3) is 5.41. The normalized spacial score (nSPS) is 10.7. The van der Waals surface area contributed by atoms with Gasteiger partial charge >= 0.3 is 0 Å². The van der Waals surface area contributed by atoms with Crippen molar-refractivity contribution in [3.63, 3.8) is 0 Å². The van der Waals surface area contributed by atoms with Crippen LogP contribution in [-0.4, -0.2) is 32.6 Å². The molecule has 0 aliphatic rings. The summed E-state index contributed by atoms with van der Waals surface area (Å²) in [5.41, 5.74) is 0. The summed E-state index contributed by atoms with van der Waals surface area (Å²) in [6.07, 6.45) is 0. The first-order valence-electron chi connectivity index (χ1n) is 5.01. The third-order valence-corrected chi connectivity index (χ3v) is 3.66. The fraction of sp³-hybridized carbons (Fsp3) is 0.455. The van der Waals surface area contributed by atoms with Crippen LogP contribution in [0, 0.1) is 0 Å². The lowest BCUT2D eigenvalue weighted by atomic mass is 10.4. The standard InChI is InChI=1S/C11H15Cl2NOS/c1-15-6-4-14-5-7-16-9-2-3-10(12)11(13)8-9/h2-3,8,14H,4-7H2,1H3. The average molecular weight is 280 g/mol. The number of halogens is 2. The maximum Gasteiger partial charge on any atom is 0.0603 e. The van der Waals surface area contributed by atoms with Gasteiger partial charge in [-0.1, -0.05) is 23.2 Å². The van der Waals surface area contributed by atoms with Crippen molar-refractivity contribution in [2.24, 2.45) is 0 Å². The minimum absolute atomic E-state index is 0.601. The van der Waals surface area contributed by atoms with Crippen LogP contribution in [0.4, 0.5) is 0 Å². The Morgan fingerprint density at radius 2 is 2.06 bits per heavy atom. The first-order valence-corrected chi connectivity index (χ1v) is 6.75. The Balaban J connectivity index is 2.19. The molecule has 1 aromatic carbocycles. The van der Waals surface area contributed by atoms with Crippen LogP contribution in [0.5, 0.6) is 0 Å². The Bertz CT molecular complexity index is 323. The van der Waals surface area contributed by atoms with E-state index in [1.165, 1.54) is 0 Å². The van der Waals surface area contributed by atoms with Crippen LogP contribution in [-0.2, 0) is 4.74 Å². The molecule has 0 atom stereocenters. The number of methoxy groups -OCH3 is 1. The molecule has 0 amide bonds. The lowest BCUT2D eigenvalue weighted by molar-refractivity contribution is 0.200. The van der Waals surface area contributed by atoms with Gasteiger partial charge in [0.15, 0.2) is 0 Å². The topological polar surface area (TPSA) is 21.3 Å². The van der Waals surface area contributed by atoms with Crippen molar-refractivity contribution < 1.29 is 4.74 Å². The second-order valence-corrected chi connectivity index (χ2v) is 5.15. The van der Waals surface area contributed by atoms with E-state index in [1.54, 1.807) is 18.9 Å². The number of hydrogen-bond acceptors (Lipinski definition) is 3. The van der Waals surface area contributed by atoms with E-state index in [-0.39, 0.29) is 0 Å². The number of thioether (sulfide) groups is 1. The summed E-state index contributed by atoms with van der Waals surface area (Å²) < 4.78 is 4.93. The molecule has 1 rings (SSSR count). The molecule has 0 fully saturated rings. The first kappa shape index (κ1) is 14.1. The van der Waals surface area contributed by atoms with E-state index in [9.17, 15) is 0 Å². The first-order chi connectivity index (χ1) is 7.74. The van der Waals surface area contributed by atoms with Crippen LogP contribution >= 0.6 is 35.0 Å². The molecule has 0 spiro atoms. The maximum absolute atomic E-state index is 5.92. The van der Waals surface area contributed by atoms with Crippen LogP contribution in [0.2, 0.25) is 10.0 Å². The third-order valence-electron chi connectivity index (χ3n) is 1.92. The highest BCUT2D eigenvalue weighted by Crippen LogP contribution is 2.27. The van der Waals surface area contributed by atoms with Gasteiger partial charge in [0, 0.05) is 30.8 Å². The summed E-state index contributed by atoms with van der Waals surface area (Å²) in [6, 6.07) is 5.70. The molecule has 1 aromatic rings. The molecule has 0 unspecified atom stereocenters. The molecule has 0 saturated carbocycles. The van der Waals surface area contributed by atoms with Gasteiger partial charge in [0.2, 0.25) is 0 Å². The van der Waals surface area contributed by atoms with E-state index in [1.807, 2.05) is 18.2 Å². The van der Waals surface area contributed by atoms with E-state index in [0.717, 1.165) is 30.3 Å². The van der Waals surface area contributed by atoms with Crippen LogP contribution in [0.1, 0.15) is 0 Å². The second-order valence-electron chi connectivity index (χ2n) is 3.17. The van der Waals surface area contributed by atoms with Gasteiger partial charge in [0.1, 0.15) is 0 Å². The summed E-state index contributed by atoms with van der Waals surface area (Å²) in [6.45, 7) is 2.59. The van der Waals surface area contributed by atoms with Crippen molar-refractivity contribution in [1.82, 2.24) is 5.32 Å². The van der Waals surface area contributed by atoms with Gasteiger partial charge in [-0.25, -0.2) is 0 Å².